The van der Waals surface area contributed by atoms with Crippen molar-refractivity contribution in [2.24, 2.45) is 0 Å². The second-order valence-corrected chi connectivity index (χ2v) is 4.63. The first-order valence-corrected chi connectivity index (χ1v) is 7.04. The maximum absolute atomic E-state index is 13.4. The number of anilines is 1. The molecule has 1 aromatic rings. The highest BCUT2D eigenvalue weighted by Crippen LogP contribution is 2.19. The van der Waals surface area contributed by atoms with Gasteiger partial charge in [0, 0.05) is 11.9 Å². The fourth-order valence-corrected chi connectivity index (χ4v) is 1.61. The highest BCUT2D eigenvalue weighted by Gasteiger charge is 2.20. The fraction of sp³-hybridized carbons (Fsp3) is 0.286. The van der Waals surface area contributed by atoms with Crippen LogP contribution in [-0.2, 0) is 19.1 Å². The third-order valence-corrected chi connectivity index (χ3v) is 2.94. The summed E-state index contributed by atoms with van der Waals surface area (Å²) in [6, 6.07) is 4.30. The Balaban J connectivity index is 2.93. The maximum atomic E-state index is 13.4. The molecule has 0 aliphatic rings. The van der Waals surface area contributed by atoms with Gasteiger partial charge in [-0.2, -0.15) is 0 Å². The summed E-state index contributed by atoms with van der Waals surface area (Å²) in [6.07, 6.45) is 1.14. The van der Waals surface area contributed by atoms with Crippen molar-refractivity contribution >= 4 is 33.6 Å². The molecular weight excluding hydrogens is 345 g/mol. The lowest BCUT2D eigenvalue weighted by Gasteiger charge is -2.08. The van der Waals surface area contributed by atoms with E-state index in [4.69, 9.17) is 9.47 Å². The zero-order valence-electron chi connectivity index (χ0n) is 11.6. The van der Waals surface area contributed by atoms with Gasteiger partial charge in [-0.3, -0.25) is 0 Å². The Morgan fingerprint density at radius 2 is 1.81 bits per heavy atom. The van der Waals surface area contributed by atoms with Crippen LogP contribution in [0.5, 0.6) is 0 Å². The smallest absolute Gasteiger partial charge is 0.347 e. The maximum Gasteiger partial charge on any atom is 0.347 e. The van der Waals surface area contributed by atoms with Crippen LogP contribution in [0.1, 0.15) is 13.8 Å². The molecule has 0 aliphatic heterocycles. The number of nitrogens with one attached hydrogen (secondary N) is 1. The summed E-state index contributed by atoms with van der Waals surface area (Å²) in [7, 11) is 0. The standard InChI is InChI=1S/C14H15BrFNO4/c1-3-20-13(18)10(14(19)21-4-2)8-17-9-5-6-11(15)12(16)7-9/h5-8,17H,3-4H2,1-2H3. The molecule has 0 spiro atoms. The van der Waals surface area contributed by atoms with E-state index in [0.717, 1.165) is 6.20 Å². The Morgan fingerprint density at radius 3 is 2.29 bits per heavy atom. The van der Waals surface area contributed by atoms with Gasteiger partial charge >= 0.3 is 11.9 Å². The van der Waals surface area contributed by atoms with Crippen molar-refractivity contribution in [2.45, 2.75) is 13.8 Å². The van der Waals surface area contributed by atoms with Crippen LogP contribution in [-0.4, -0.2) is 25.2 Å². The summed E-state index contributed by atoms with van der Waals surface area (Å²) < 4.78 is 23.2. The van der Waals surface area contributed by atoms with Crippen molar-refractivity contribution in [3.8, 4) is 0 Å². The second kappa shape index (κ2) is 8.41. The van der Waals surface area contributed by atoms with E-state index < -0.39 is 17.8 Å². The molecule has 0 radical (unpaired) electrons. The van der Waals surface area contributed by atoms with E-state index in [9.17, 15) is 14.0 Å². The van der Waals surface area contributed by atoms with Gasteiger partial charge in [0.05, 0.1) is 17.7 Å². The van der Waals surface area contributed by atoms with E-state index in [-0.39, 0.29) is 18.8 Å². The minimum Gasteiger partial charge on any atom is -0.462 e. The predicted molar refractivity (Wildman–Crippen MR) is 79.1 cm³/mol. The number of ether oxygens (including phenoxy) is 2. The van der Waals surface area contributed by atoms with Crippen molar-refractivity contribution in [2.75, 3.05) is 18.5 Å². The van der Waals surface area contributed by atoms with Gasteiger partial charge in [0.2, 0.25) is 0 Å². The van der Waals surface area contributed by atoms with E-state index in [1.54, 1.807) is 19.9 Å². The number of hydrogen-bond acceptors (Lipinski definition) is 5. The van der Waals surface area contributed by atoms with Gasteiger partial charge < -0.3 is 14.8 Å². The van der Waals surface area contributed by atoms with Crippen LogP contribution in [0.25, 0.3) is 0 Å². The van der Waals surface area contributed by atoms with Crippen LogP contribution >= 0.6 is 15.9 Å². The van der Waals surface area contributed by atoms with Crippen molar-refractivity contribution in [1.82, 2.24) is 0 Å². The minimum atomic E-state index is -0.805. The second-order valence-electron chi connectivity index (χ2n) is 3.77. The molecule has 0 fully saturated rings. The summed E-state index contributed by atoms with van der Waals surface area (Å²) in [4.78, 5) is 23.4. The molecule has 114 valence electrons. The first kappa shape index (κ1) is 17.2. The molecule has 5 nitrogen and oxygen atoms in total. The number of hydrogen-bond donors (Lipinski definition) is 1. The molecule has 1 aromatic carbocycles. The molecule has 0 bridgehead atoms. The zero-order valence-corrected chi connectivity index (χ0v) is 13.2. The fourth-order valence-electron chi connectivity index (χ4n) is 1.36. The Morgan fingerprint density at radius 1 is 1.24 bits per heavy atom. The van der Waals surface area contributed by atoms with E-state index in [0.29, 0.717) is 10.2 Å². The topological polar surface area (TPSA) is 64.6 Å². The van der Waals surface area contributed by atoms with Crippen LogP contribution in [0, 0.1) is 5.82 Å². The molecule has 1 N–H and O–H groups in total. The van der Waals surface area contributed by atoms with Crippen molar-refractivity contribution < 1.29 is 23.5 Å². The number of carbonyl (C=O) groups is 2. The van der Waals surface area contributed by atoms with E-state index in [2.05, 4.69) is 21.2 Å². The molecule has 21 heavy (non-hydrogen) atoms. The predicted octanol–water partition coefficient (Wildman–Crippen LogP) is 3.01. The summed E-state index contributed by atoms with van der Waals surface area (Å²) in [5.41, 5.74) is 0.0869. The van der Waals surface area contributed by atoms with Gasteiger partial charge in [0.1, 0.15) is 5.82 Å². The third kappa shape index (κ3) is 5.18. The lowest BCUT2D eigenvalue weighted by molar-refractivity contribution is -0.146. The van der Waals surface area contributed by atoms with Gasteiger partial charge in [-0.1, -0.05) is 0 Å². The lowest BCUT2D eigenvalue weighted by Crippen LogP contribution is -2.19. The Labute approximate surface area is 130 Å². The molecule has 0 atom stereocenters. The molecule has 0 saturated heterocycles. The largest absolute Gasteiger partial charge is 0.462 e. The van der Waals surface area contributed by atoms with Crippen LogP contribution in [0.15, 0.2) is 34.4 Å². The van der Waals surface area contributed by atoms with Gasteiger partial charge in [0.15, 0.2) is 5.57 Å². The molecule has 0 aromatic heterocycles. The lowest BCUT2D eigenvalue weighted by atomic mass is 10.2. The highest BCUT2D eigenvalue weighted by molar-refractivity contribution is 9.10. The van der Waals surface area contributed by atoms with Gasteiger partial charge in [-0.25, -0.2) is 14.0 Å². The number of rotatable bonds is 6. The van der Waals surface area contributed by atoms with Crippen LogP contribution in [0.4, 0.5) is 10.1 Å². The average molecular weight is 360 g/mol. The van der Waals surface area contributed by atoms with E-state index >= 15 is 0 Å². The molecule has 0 amide bonds. The van der Waals surface area contributed by atoms with Crippen LogP contribution in [0.2, 0.25) is 0 Å². The highest BCUT2D eigenvalue weighted by atomic mass is 79.9. The molecule has 0 unspecified atom stereocenters. The zero-order chi connectivity index (χ0) is 15.8. The molecular formula is C14H15BrFNO4. The van der Waals surface area contributed by atoms with Crippen molar-refractivity contribution in [1.29, 1.82) is 0 Å². The normalized spacial score (nSPS) is 9.71. The number of benzene rings is 1. The summed E-state index contributed by atoms with van der Waals surface area (Å²) in [5.74, 6) is -2.08. The Kier molecular flexibility index (Phi) is 6.87. The minimum absolute atomic E-state index is 0.127. The first-order chi connectivity index (χ1) is 9.99. The summed E-state index contributed by atoms with van der Waals surface area (Å²) >= 11 is 3.03. The van der Waals surface area contributed by atoms with Crippen molar-refractivity contribution in [3.05, 3.63) is 40.3 Å². The summed E-state index contributed by atoms with van der Waals surface area (Å²) in [6.45, 7) is 3.50. The van der Waals surface area contributed by atoms with Gasteiger partial charge in [0.25, 0.3) is 0 Å². The van der Waals surface area contributed by atoms with Gasteiger partial charge in [-0.15, -0.1) is 0 Å². The molecule has 0 aliphatic carbocycles. The van der Waals surface area contributed by atoms with Crippen LogP contribution in [0.3, 0.4) is 0 Å². The van der Waals surface area contributed by atoms with E-state index in [1.807, 2.05) is 0 Å². The molecule has 7 heteroatoms. The average Bonchev–Trinajstić information content (AvgIpc) is 2.43. The molecule has 0 saturated carbocycles. The third-order valence-electron chi connectivity index (χ3n) is 2.29. The number of carbonyl (C=O) groups excluding carboxylic acids is 2. The van der Waals surface area contributed by atoms with Crippen molar-refractivity contribution in [3.63, 3.8) is 0 Å². The van der Waals surface area contributed by atoms with E-state index in [1.165, 1.54) is 12.1 Å². The number of halogens is 2. The quantitative estimate of drug-likeness (QED) is 0.366. The first-order valence-electron chi connectivity index (χ1n) is 6.25. The Hall–Kier alpha value is -1.89. The van der Waals surface area contributed by atoms with Crippen LogP contribution < -0.4 is 5.32 Å². The monoisotopic (exact) mass is 359 g/mol. The van der Waals surface area contributed by atoms with Gasteiger partial charge in [-0.05, 0) is 48.0 Å². The Bertz CT molecular complexity index is 540. The summed E-state index contributed by atoms with van der Waals surface area (Å²) in [5, 5.41) is 2.67. The SMILES string of the molecule is CCOC(=O)C(=CNc1ccc(Br)c(F)c1)C(=O)OCC. The number of esters is 2. The molecule has 1 rings (SSSR count). The molecule has 0 heterocycles.